The molecule has 0 unspecified atom stereocenters. The molecule has 2 rings (SSSR count). The van der Waals surface area contributed by atoms with Crippen molar-refractivity contribution in [1.29, 1.82) is 0 Å². The van der Waals surface area contributed by atoms with Crippen LogP contribution in [-0.2, 0) is 7.05 Å². The second-order valence-electron chi connectivity index (χ2n) is 4.51. The number of halogens is 1. The number of pyridine rings is 1. The molecule has 0 atom stereocenters. The van der Waals surface area contributed by atoms with Gasteiger partial charge in [-0.1, -0.05) is 30.3 Å². The van der Waals surface area contributed by atoms with E-state index in [1.165, 1.54) is 29.1 Å². The van der Waals surface area contributed by atoms with Gasteiger partial charge in [-0.05, 0) is 33.6 Å². The molecule has 0 saturated carbocycles. The number of benzene rings is 1. The maximum atomic E-state index is 11.9. The van der Waals surface area contributed by atoms with Crippen LogP contribution in [0, 0.1) is 0 Å². The predicted molar refractivity (Wildman–Crippen MR) is 91.0 cm³/mol. The molecular formula is C16H14BrN3O2. The van der Waals surface area contributed by atoms with Gasteiger partial charge in [0.2, 0.25) is 5.56 Å². The predicted octanol–water partition coefficient (Wildman–Crippen LogP) is 2.54. The monoisotopic (exact) mass is 359 g/mol. The van der Waals surface area contributed by atoms with Gasteiger partial charge in [-0.15, -0.1) is 0 Å². The van der Waals surface area contributed by atoms with E-state index in [1.54, 1.807) is 7.05 Å². The summed E-state index contributed by atoms with van der Waals surface area (Å²) in [5, 5.41) is 3.87. The number of hydrogen-bond donors (Lipinski definition) is 1. The molecule has 0 fully saturated rings. The highest BCUT2D eigenvalue weighted by Crippen LogP contribution is 2.09. The molecular weight excluding hydrogens is 346 g/mol. The smallest absolute Gasteiger partial charge is 0.272 e. The molecule has 1 heterocycles. The summed E-state index contributed by atoms with van der Waals surface area (Å²) in [5.41, 5.74) is 3.62. The van der Waals surface area contributed by atoms with Crippen LogP contribution < -0.4 is 11.0 Å². The number of carbonyl (C=O) groups excluding carboxylic acids is 1. The second kappa shape index (κ2) is 7.51. The summed E-state index contributed by atoms with van der Waals surface area (Å²) in [7, 11) is 1.58. The summed E-state index contributed by atoms with van der Waals surface area (Å²) < 4.78 is 2.06. The third kappa shape index (κ3) is 4.53. The van der Waals surface area contributed by atoms with Gasteiger partial charge in [-0.25, -0.2) is 5.43 Å². The molecule has 6 heteroatoms. The van der Waals surface area contributed by atoms with Crippen molar-refractivity contribution in [3.8, 4) is 0 Å². The molecule has 1 amide bonds. The first-order valence-corrected chi connectivity index (χ1v) is 7.28. The van der Waals surface area contributed by atoms with Crippen LogP contribution in [-0.4, -0.2) is 16.7 Å². The van der Waals surface area contributed by atoms with Gasteiger partial charge in [0.25, 0.3) is 5.91 Å². The average molecular weight is 360 g/mol. The van der Waals surface area contributed by atoms with Gasteiger partial charge in [0.1, 0.15) is 0 Å². The number of aryl methyl sites for hydroxylation is 1. The van der Waals surface area contributed by atoms with Gasteiger partial charge >= 0.3 is 0 Å². The molecule has 0 aliphatic heterocycles. The standard InChI is InChI=1S/C16H14BrN3O2/c1-20-11-13(7-8-15(20)21)16(22)19-18-10-14(17)9-12-5-3-2-4-6-12/h2-11H,1H3,(H,19,22)/b14-9-,18-10-. The SMILES string of the molecule is Cn1cc(C(=O)N/N=C\C(Br)=C\c2ccccc2)ccc1=O. The maximum Gasteiger partial charge on any atom is 0.272 e. The van der Waals surface area contributed by atoms with Crippen LogP contribution in [0.2, 0.25) is 0 Å². The van der Waals surface area contributed by atoms with Crippen LogP contribution in [0.15, 0.2) is 63.0 Å². The molecule has 1 N–H and O–H groups in total. The molecule has 0 saturated heterocycles. The Balaban J connectivity index is 1.99. The van der Waals surface area contributed by atoms with Crippen LogP contribution in [0.25, 0.3) is 6.08 Å². The lowest BCUT2D eigenvalue weighted by atomic mass is 10.2. The molecule has 2 aromatic rings. The molecule has 0 aliphatic carbocycles. The van der Waals surface area contributed by atoms with Crippen LogP contribution in [0.4, 0.5) is 0 Å². The van der Waals surface area contributed by atoms with Gasteiger partial charge in [0.05, 0.1) is 11.8 Å². The number of amides is 1. The Labute approximate surface area is 136 Å². The van der Waals surface area contributed by atoms with E-state index in [2.05, 4.69) is 26.5 Å². The van der Waals surface area contributed by atoms with Crippen molar-refractivity contribution in [2.45, 2.75) is 0 Å². The summed E-state index contributed by atoms with van der Waals surface area (Å²) in [4.78, 5) is 23.1. The van der Waals surface area contributed by atoms with E-state index in [-0.39, 0.29) is 11.5 Å². The lowest BCUT2D eigenvalue weighted by molar-refractivity contribution is 0.0954. The molecule has 5 nitrogen and oxygen atoms in total. The molecule has 0 bridgehead atoms. The van der Waals surface area contributed by atoms with E-state index in [9.17, 15) is 9.59 Å². The Bertz CT molecular complexity index is 779. The quantitative estimate of drug-likeness (QED) is 0.673. The fourth-order valence-electron chi connectivity index (χ4n) is 1.69. The van der Waals surface area contributed by atoms with Crippen molar-refractivity contribution in [2.75, 3.05) is 0 Å². The topological polar surface area (TPSA) is 63.5 Å². The Morgan fingerprint density at radius 2 is 1.95 bits per heavy atom. The Hall–Kier alpha value is -2.47. The van der Waals surface area contributed by atoms with Crippen molar-refractivity contribution in [1.82, 2.24) is 9.99 Å². The summed E-state index contributed by atoms with van der Waals surface area (Å²) in [6.45, 7) is 0. The van der Waals surface area contributed by atoms with Gasteiger partial charge in [0.15, 0.2) is 0 Å². The van der Waals surface area contributed by atoms with Crippen LogP contribution in [0.3, 0.4) is 0 Å². The molecule has 0 aliphatic rings. The largest absolute Gasteiger partial charge is 0.318 e. The highest BCUT2D eigenvalue weighted by Gasteiger charge is 2.04. The first-order valence-electron chi connectivity index (χ1n) is 6.48. The number of nitrogens with one attached hydrogen (secondary N) is 1. The number of carbonyl (C=O) groups is 1. The fourth-order valence-corrected chi connectivity index (χ4v) is 2.06. The summed E-state index contributed by atoms with van der Waals surface area (Å²) in [5.74, 6) is -0.383. The first-order chi connectivity index (χ1) is 10.6. The average Bonchev–Trinajstić information content (AvgIpc) is 2.51. The molecule has 1 aromatic heterocycles. The number of aromatic nitrogens is 1. The van der Waals surface area contributed by atoms with Crippen molar-refractivity contribution >= 4 is 34.1 Å². The molecule has 0 spiro atoms. The number of rotatable bonds is 4. The zero-order valence-corrected chi connectivity index (χ0v) is 13.4. The molecule has 1 aromatic carbocycles. The van der Waals surface area contributed by atoms with E-state index in [1.807, 2.05) is 36.4 Å². The Kier molecular flexibility index (Phi) is 5.43. The van der Waals surface area contributed by atoms with Crippen molar-refractivity contribution < 1.29 is 4.79 Å². The number of hydrazone groups is 1. The minimum Gasteiger partial charge on any atom is -0.318 e. The second-order valence-corrected chi connectivity index (χ2v) is 5.42. The number of hydrogen-bond acceptors (Lipinski definition) is 3. The highest BCUT2D eigenvalue weighted by molar-refractivity contribution is 9.12. The highest BCUT2D eigenvalue weighted by atomic mass is 79.9. The van der Waals surface area contributed by atoms with E-state index < -0.39 is 0 Å². The summed E-state index contributed by atoms with van der Waals surface area (Å²) >= 11 is 3.36. The molecule has 22 heavy (non-hydrogen) atoms. The van der Waals surface area contributed by atoms with Gasteiger partial charge in [-0.2, -0.15) is 5.10 Å². The maximum absolute atomic E-state index is 11.9. The van der Waals surface area contributed by atoms with E-state index in [0.29, 0.717) is 5.56 Å². The van der Waals surface area contributed by atoms with E-state index >= 15 is 0 Å². The van der Waals surface area contributed by atoms with E-state index in [4.69, 9.17) is 0 Å². The first kappa shape index (κ1) is 15.9. The van der Waals surface area contributed by atoms with Crippen LogP contribution >= 0.6 is 15.9 Å². The summed E-state index contributed by atoms with van der Waals surface area (Å²) in [6.07, 6.45) is 4.83. The van der Waals surface area contributed by atoms with Crippen molar-refractivity contribution in [2.24, 2.45) is 12.1 Å². The Morgan fingerprint density at radius 3 is 2.64 bits per heavy atom. The lowest BCUT2D eigenvalue weighted by Gasteiger charge is -2.01. The van der Waals surface area contributed by atoms with Crippen molar-refractivity contribution in [3.63, 3.8) is 0 Å². The number of nitrogens with zero attached hydrogens (tertiary/aromatic N) is 2. The zero-order valence-electron chi connectivity index (χ0n) is 11.9. The van der Waals surface area contributed by atoms with Gasteiger partial charge < -0.3 is 4.57 Å². The fraction of sp³-hybridized carbons (Fsp3) is 0.0625. The van der Waals surface area contributed by atoms with Crippen LogP contribution in [0.1, 0.15) is 15.9 Å². The normalized spacial score (nSPS) is 11.6. The minimum atomic E-state index is -0.383. The minimum absolute atomic E-state index is 0.173. The zero-order chi connectivity index (χ0) is 15.9. The van der Waals surface area contributed by atoms with Crippen molar-refractivity contribution in [3.05, 3.63) is 74.6 Å². The summed E-state index contributed by atoms with van der Waals surface area (Å²) in [6, 6.07) is 12.5. The van der Waals surface area contributed by atoms with Gasteiger partial charge in [-0.3, -0.25) is 9.59 Å². The Morgan fingerprint density at radius 1 is 1.23 bits per heavy atom. The third-order valence-electron chi connectivity index (χ3n) is 2.81. The van der Waals surface area contributed by atoms with Crippen LogP contribution in [0.5, 0.6) is 0 Å². The third-order valence-corrected chi connectivity index (χ3v) is 3.24. The van der Waals surface area contributed by atoms with Gasteiger partial charge in [0, 0.05) is 23.8 Å². The number of allylic oxidation sites excluding steroid dienone is 1. The molecule has 0 radical (unpaired) electrons. The van der Waals surface area contributed by atoms with E-state index in [0.717, 1.165) is 10.0 Å². The lowest BCUT2D eigenvalue weighted by Crippen LogP contribution is -2.22. The molecule has 112 valence electrons.